The number of hydrogen-bond acceptors (Lipinski definition) is 4. The lowest BCUT2D eigenvalue weighted by molar-refractivity contribution is -0.116. The van der Waals surface area contributed by atoms with Crippen LogP contribution in [0.15, 0.2) is 64.3 Å². The maximum absolute atomic E-state index is 12.0. The predicted molar refractivity (Wildman–Crippen MR) is 108 cm³/mol. The van der Waals surface area contributed by atoms with Crippen molar-refractivity contribution >= 4 is 22.8 Å². The van der Waals surface area contributed by atoms with E-state index in [0.717, 1.165) is 21.1 Å². The molecule has 1 N–H and O–H groups in total. The van der Waals surface area contributed by atoms with Gasteiger partial charge in [0.25, 0.3) is 5.56 Å². The van der Waals surface area contributed by atoms with Gasteiger partial charge in [-0.1, -0.05) is 36.4 Å². The molecule has 1 aromatic heterocycles. The standard InChI is InChI=1S/C21H21N3O4/c1-23-14-16(20(26)24(2)21(23)27)10-11-19(25)22-12-13-28-18-9-5-7-15-6-3-4-8-17(15)18/h3-11,14H,12-13H2,1-2H3,(H,22,25)/b11-10+. The van der Waals surface area contributed by atoms with E-state index in [-0.39, 0.29) is 11.5 Å². The number of carbonyl (C=O) groups is 1. The zero-order valence-corrected chi connectivity index (χ0v) is 15.7. The van der Waals surface area contributed by atoms with E-state index in [2.05, 4.69) is 5.32 Å². The Balaban J connectivity index is 1.56. The van der Waals surface area contributed by atoms with E-state index in [9.17, 15) is 14.4 Å². The molecule has 28 heavy (non-hydrogen) atoms. The van der Waals surface area contributed by atoms with Crippen LogP contribution in [0.4, 0.5) is 0 Å². The fraction of sp³-hybridized carbons (Fsp3) is 0.190. The Morgan fingerprint density at radius 2 is 1.86 bits per heavy atom. The predicted octanol–water partition coefficient (Wildman–Crippen LogP) is 1.45. The first-order valence-corrected chi connectivity index (χ1v) is 8.80. The fourth-order valence-corrected chi connectivity index (χ4v) is 2.83. The first-order valence-electron chi connectivity index (χ1n) is 8.80. The van der Waals surface area contributed by atoms with Crippen LogP contribution >= 0.6 is 0 Å². The van der Waals surface area contributed by atoms with Crippen LogP contribution in [0.2, 0.25) is 0 Å². The highest BCUT2D eigenvalue weighted by Gasteiger charge is 2.05. The first kappa shape index (κ1) is 19.2. The molecule has 144 valence electrons. The molecule has 1 heterocycles. The summed E-state index contributed by atoms with van der Waals surface area (Å²) in [5.41, 5.74) is -0.615. The summed E-state index contributed by atoms with van der Waals surface area (Å²) in [6, 6.07) is 13.7. The number of aromatic nitrogens is 2. The Bertz CT molecular complexity index is 1150. The Morgan fingerprint density at radius 1 is 1.11 bits per heavy atom. The normalized spacial score (nSPS) is 11.1. The molecule has 0 fully saturated rings. The molecule has 0 saturated carbocycles. The average Bonchev–Trinajstić information content (AvgIpc) is 2.71. The maximum atomic E-state index is 12.0. The van der Waals surface area contributed by atoms with Crippen LogP contribution in [0.25, 0.3) is 16.8 Å². The summed E-state index contributed by atoms with van der Waals surface area (Å²) in [6.07, 6.45) is 4.06. The average molecular weight is 379 g/mol. The van der Waals surface area contributed by atoms with Gasteiger partial charge in [0.2, 0.25) is 5.91 Å². The van der Waals surface area contributed by atoms with Crippen molar-refractivity contribution in [1.82, 2.24) is 14.5 Å². The smallest absolute Gasteiger partial charge is 0.330 e. The van der Waals surface area contributed by atoms with Gasteiger partial charge in [-0.15, -0.1) is 0 Å². The van der Waals surface area contributed by atoms with Crippen molar-refractivity contribution in [3.05, 3.63) is 81.1 Å². The Hall–Kier alpha value is -3.61. The van der Waals surface area contributed by atoms with Crippen molar-refractivity contribution in [2.24, 2.45) is 14.1 Å². The van der Waals surface area contributed by atoms with Crippen LogP contribution in [0.5, 0.6) is 5.75 Å². The van der Waals surface area contributed by atoms with E-state index in [0.29, 0.717) is 13.2 Å². The van der Waals surface area contributed by atoms with Gasteiger partial charge in [0.1, 0.15) is 12.4 Å². The van der Waals surface area contributed by atoms with E-state index >= 15 is 0 Å². The van der Waals surface area contributed by atoms with Crippen LogP contribution in [0.1, 0.15) is 5.56 Å². The number of ether oxygens (including phenoxy) is 1. The van der Waals surface area contributed by atoms with Crippen molar-refractivity contribution in [2.45, 2.75) is 0 Å². The number of carbonyl (C=O) groups excluding carboxylic acids is 1. The molecule has 3 rings (SSSR count). The summed E-state index contributed by atoms with van der Waals surface area (Å²) < 4.78 is 8.05. The number of nitrogens with one attached hydrogen (secondary N) is 1. The lowest BCUT2D eigenvalue weighted by Gasteiger charge is -2.09. The number of hydrogen-bond donors (Lipinski definition) is 1. The number of aryl methyl sites for hydroxylation is 1. The second kappa shape index (κ2) is 8.39. The summed E-state index contributed by atoms with van der Waals surface area (Å²) in [7, 11) is 2.94. The van der Waals surface area contributed by atoms with Crippen LogP contribution in [0.3, 0.4) is 0 Å². The highest BCUT2D eigenvalue weighted by Crippen LogP contribution is 2.24. The molecule has 0 atom stereocenters. The molecule has 0 aliphatic rings. The molecule has 0 spiro atoms. The Morgan fingerprint density at radius 3 is 2.68 bits per heavy atom. The second-order valence-electron chi connectivity index (χ2n) is 6.29. The van der Waals surface area contributed by atoms with E-state index in [1.807, 2.05) is 42.5 Å². The molecule has 0 bridgehead atoms. The zero-order valence-electron chi connectivity index (χ0n) is 15.7. The summed E-state index contributed by atoms with van der Waals surface area (Å²) in [5, 5.41) is 4.81. The summed E-state index contributed by atoms with van der Waals surface area (Å²) in [6.45, 7) is 0.632. The minimum Gasteiger partial charge on any atom is -0.491 e. The largest absolute Gasteiger partial charge is 0.491 e. The highest BCUT2D eigenvalue weighted by molar-refractivity contribution is 5.91. The topological polar surface area (TPSA) is 82.3 Å². The number of fused-ring (bicyclic) bond motifs is 1. The van der Waals surface area contributed by atoms with Crippen molar-refractivity contribution in [3.8, 4) is 5.75 Å². The minimum atomic E-state index is -0.452. The van der Waals surface area contributed by atoms with Crippen molar-refractivity contribution in [2.75, 3.05) is 13.2 Å². The van der Waals surface area contributed by atoms with Crippen molar-refractivity contribution < 1.29 is 9.53 Å². The third kappa shape index (κ3) is 4.20. The molecular weight excluding hydrogens is 358 g/mol. The molecule has 7 nitrogen and oxygen atoms in total. The van der Waals surface area contributed by atoms with Gasteiger partial charge in [-0.25, -0.2) is 4.79 Å². The SMILES string of the molecule is Cn1cc(/C=C/C(=O)NCCOc2cccc3ccccc23)c(=O)n(C)c1=O. The molecular formula is C21H21N3O4. The summed E-state index contributed by atoms with van der Waals surface area (Å²) >= 11 is 0. The van der Waals surface area contributed by atoms with Gasteiger partial charge in [0, 0.05) is 31.8 Å². The molecule has 0 radical (unpaired) electrons. The van der Waals surface area contributed by atoms with Gasteiger partial charge in [-0.3, -0.25) is 14.2 Å². The molecule has 7 heteroatoms. The van der Waals surface area contributed by atoms with Gasteiger partial charge >= 0.3 is 5.69 Å². The van der Waals surface area contributed by atoms with E-state index in [1.165, 1.54) is 30.0 Å². The fourth-order valence-electron chi connectivity index (χ4n) is 2.83. The number of benzene rings is 2. The third-order valence-corrected chi connectivity index (χ3v) is 4.30. The van der Waals surface area contributed by atoms with Gasteiger partial charge in [-0.2, -0.15) is 0 Å². The molecule has 2 aromatic carbocycles. The van der Waals surface area contributed by atoms with Crippen LogP contribution in [-0.2, 0) is 18.9 Å². The molecule has 3 aromatic rings. The molecule has 0 aliphatic carbocycles. The number of nitrogens with zero attached hydrogens (tertiary/aromatic N) is 2. The van der Waals surface area contributed by atoms with Crippen LogP contribution in [-0.4, -0.2) is 28.2 Å². The summed E-state index contributed by atoms with van der Waals surface area (Å²) in [4.78, 5) is 35.6. The van der Waals surface area contributed by atoms with Crippen molar-refractivity contribution in [3.63, 3.8) is 0 Å². The minimum absolute atomic E-state index is 0.256. The first-order chi connectivity index (χ1) is 13.5. The maximum Gasteiger partial charge on any atom is 0.330 e. The van der Waals surface area contributed by atoms with Crippen molar-refractivity contribution in [1.29, 1.82) is 0 Å². The quantitative estimate of drug-likeness (QED) is 0.519. The van der Waals surface area contributed by atoms with E-state index in [4.69, 9.17) is 4.74 Å². The number of rotatable bonds is 6. The lowest BCUT2D eigenvalue weighted by Crippen LogP contribution is -2.37. The number of amides is 1. The third-order valence-electron chi connectivity index (χ3n) is 4.30. The highest BCUT2D eigenvalue weighted by atomic mass is 16.5. The van der Waals surface area contributed by atoms with E-state index < -0.39 is 11.2 Å². The monoisotopic (exact) mass is 379 g/mol. The molecule has 1 amide bonds. The van der Waals surface area contributed by atoms with E-state index in [1.54, 1.807) is 7.05 Å². The van der Waals surface area contributed by atoms with Gasteiger partial charge in [-0.05, 0) is 17.5 Å². The molecule has 0 aliphatic heterocycles. The Kier molecular flexibility index (Phi) is 5.74. The summed E-state index contributed by atoms with van der Waals surface area (Å²) in [5.74, 6) is 0.411. The second-order valence-corrected chi connectivity index (χ2v) is 6.29. The van der Waals surface area contributed by atoms with Gasteiger partial charge < -0.3 is 14.6 Å². The molecule has 0 unspecified atom stereocenters. The van der Waals surface area contributed by atoms with Gasteiger partial charge in [0.15, 0.2) is 0 Å². The van der Waals surface area contributed by atoms with Crippen LogP contribution in [0, 0.1) is 0 Å². The zero-order chi connectivity index (χ0) is 20.1. The van der Waals surface area contributed by atoms with Crippen LogP contribution < -0.4 is 21.3 Å². The van der Waals surface area contributed by atoms with Gasteiger partial charge in [0.05, 0.1) is 12.1 Å². The lowest BCUT2D eigenvalue weighted by atomic mass is 10.1. The molecule has 0 saturated heterocycles. The Labute approximate surface area is 161 Å².